The van der Waals surface area contributed by atoms with Gasteiger partial charge in [-0.15, -0.1) is 11.3 Å². The number of hydrogen-bond donors (Lipinski definition) is 0. The van der Waals surface area contributed by atoms with Gasteiger partial charge in [0.15, 0.2) is 0 Å². The molecule has 0 spiro atoms. The maximum absolute atomic E-state index is 12.3. The minimum Gasteiger partial charge on any atom is -0.336 e. The number of likely N-dealkylation sites (N-methyl/N-ethyl adjacent to an activating group) is 1. The molecule has 22 heavy (non-hydrogen) atoms. The Morgan fingerprint density at radius 2 is 2.14 bits per heavy atom. The van der Waals surface area contributed by atoms with E-state index in [2.05, 4.69) is 20.9 Å². The molecule has 1 aromatic heterocycles. The van der Waals surface area contributed by atoms with Gasteiger partial charge in [0.05, 0.1) is 12.1 Å². The van der Waals surface area contributed by atoms with E-state index < -0.39 is 18.6 Å². The third-order valence-electron chi connectivity index (χ3n) is 2.80. The number of alkyl halides is 3. The number of amides is 1. The molecule has 2 rings (SSSR count). The van der Waals surface area contributed by atoms with E-state index in [0.717, 1.165) is 22.1 Å². The lowest BCUT2D eigenvalue weighted by atomic mass is 10.2. The monoisotopic (exact) mass is 392 g/mol. The first-order chi connectivity index (χ1) is 10.2. The van der Waals surface area contributed by atoms with E-state index in [4.69, 9.17) is 0 Å². The van der Waals surface area contributed by atoms with E-state index in [0.29, 0.717) is 10.6 Å². The summed E-state index contributed by atoms with van der Waals surface area (Å²) in [6.45, 7) is -1.26. The normalized spacial score (nSPS) is 11.5. The van der Waals surface area contributed by atoms with Crippen molar-refractivity contribution in [3.8, 4) is 10.6 Å². The van der Waals surface area contributed by atoms with Crippen LogP contribution >= 0.6 is 27.3 Å². The van der Waals surface area contributed by atoms with Crippen LogP contribution in [-0.4, -0.2) is 35.6 Å². The van der Waals surface area contributed by atoms with Crippen molar-refractivity contribution in [3.05, 3.63) is 39.8 Å². The van der Waals surface area contributed by atoms with Crippen LogP contribution in [0, 0.1) is 0 Å². The van der Waals surface area contributed by atoms with E-state index in [1.807, 2.05) is 24.3 Å². The average Bonchev–Trinajstić information content (AvgIpc) is 2.85. The van der Waals surface area contributed by atoms with E-state index in [-0.39, 0.29) is 6.42 Å². The molecule has 0 bridgehead atoms. The summed E-state index contributed by atoms with van der Waals surface area (Å²) in [5.74, 6) is -0.608. The van der Waals surface area contributed by atoms with Crippen molar-refractivity contribution < 1.29 is 18.0 Å². The highest BCUT2D eigenvalue weighted by Gasteiger charge is 2.31. The average molecular weight is 393 g/mol. The lowest BCUT2D eigenvalue weighted by Crippen LogP contribution is -2.36. The molecule has 0 saturated carbocycles. The molecule has 1 amide bonds. The summed E-state index contributed by atoms with van der Waals surface area (Å²) < 4.78 is 37.7. The highest BCUT2D eigenvalue weighted by molar-refractivity contribution is 9.10. The van der Waals surface area contributed by atoms with Crippen molar-refractivity contribution in [3.63, 3.8) is 0 Å². The number of carbonyl (C=O) groups is 1. The van der Waals surface area contributed by atoms with Crippen LogP contribution in [-0.2, 0) is 11.2 Å². The van der Waals surface area contributed by atoms with Crippen LogP contribution < -0.4 is 0 Å². The second-order valence-electron chi connectivity index (χ2n) is 4.70. The molecular formula is C14H12BrF3N2OS. The Morgan fingerprint density at radius 3 is 2.77 bits per heavy atom. The fourth-order valence-corrected chi connectivity index (χ4v) is 3.01. The van der Waals surface area contributed by atoms with Gasteiger partial charge >= 0.3 is 6.18 Å². The number of rotatable bonds is 4. The molecule has 0 aliphatic rings. The van der Waals surface area contributed by atoms with Gasteiger partial charge in [-0.1, -0.05) is 28.1 Å². The van der Waals surface area contributed by atoms with E-state index >= 15 is 0 Å². The number of halogens is 4. The predicted octanol–water partition coefficient (Wildman–Crippen LogP) is 4.14. The Bertz CT molecular complexity index is 672. The second kappa shape index (κ2) is 6.78. The first kappa shape index (κ1) is 17.0. The van der Waals surface area contributed by atoms with Gasteiger partial charge in [-0.2, -0.15) is 13.2 Å². The molecule has 118 valence electrons. The van der Waals surface area contributed by atoms with Crippen LogP contribution in [0.15, 0.2) is 34.1 Å². The Morgan fingerprint density at radius 1 is 1.41 bits per heavy atom. The molecule has 0 radical (unpaired) electrons. The van der Waals surface area contributed by atoms with Crippen molar-refractivity contribution in [2.24, 2.45) is 0 Å². The fraction of sp³-hybridized carbons (Fsp3) is 0.286. The minimum atomic E-state index is -4.39. The van der Waals surface area contributed by atoms with Gasteiger partial charge in [0.2, 0.25) is 5.91 Å². The topological polar surface area (TPSA) is 33.2 Å². The molecule has 0 aliphatic heterocycles. The number of hydrogen-bond acceptors (Lipinski definition) is 3. The third-order valence-corrected chi connectivity index (χ3v) is 4.23. The zero-order valence-corrected chi connectivity index (χ0v) is 13.9. The van der Waals surface area contributed by atoms with Crippen molar-refractivity contribution in [2.75, 3.05) is 13.6 Å². The smallest absolute Gasteiger partial charge is 0.336 e. The summed E-state index contributed by atoms with van der Waals surface area (Å²) in [6.07, 6.45) is -4.54. The number of aromatic nitrogens is 1. The fourth-order valence-electron chi connectivity index (χ4n) is 1.79. The molecular weight excluding hydrogens is 381 g/mol. The van der Waals surface area contributed by atoms with Gasteiger partial charge < -0.3 is 4.90 Å². The highest BCUT2D eigenvalue weighted by Crippen LogP contribution is 2.26. The van der Waals surface area contributed by atoms with Crippen LogP contribution in [0.5, 0.6) is 0 Å². The molecule has 0 unspecified atom stereocenters. The van der Waals surface area contributed by atoms with Crippen LogP contribution in [0.25, 0.3) is 10.6 Å². The summed E-state index contributed by atoms with van der Waals surface area (Å²) >= 11 is 4.72. The number of nitrogens with zero attached hydrogens (tertiary/aromatic N) is 2. The molecule has 0 fully saturated rings. The molecule has 0 aliphatic carbocycles. The Kier molecular flexibility index (Phi) is 5.23. The van der Waals surface area contributed by atoms with Crippen molar-refractivity contribution >= 4 is 33.2 Å². The van der Waals surface area contributed by atoms with Gasteiger partial charge in [0, 0.05) is 22.5 Å². The lowest BCUT2D eigenvalue weighted by molar-refractivity contribution is -0.158. The summed E-state index contributed by atoms with van der Waals surface area (Å²) in [5.41, 5.74) is 1.36. The van der Waals surface area contributed by atoms with Gasteiger partial charge in [0.1, 0.15) is 11.6 Å². The van der Waals surface area contributed by atoms with Crippen molar-refractivity contribution in [1.29, 1.82) is 0 Å². The van der Waals surface area contributed by atoms with Crippen molar-refractivity contribution in [1.82, 2.24) is 9.88 Å². The number of thiazole rings is 1. The number of carbonyl (C=O) groups excluding carboxylic acids is 1. The summed E-state index contributed by atoms with van der Waals surface area (Å²) in [4.78, 5) is 16.7. The second-order valence-corrected chi connectivity index (χ2v) is 6.47. The summed E-state index contributed by atoms with van der Waals surface area (Å²) in [6, 6.07) is 7.52. The van der Waals surface area contributed by atoms with Gasteiger partial charge in [-0.3, -0.25) is 4.79 Å². The third kappa shape index (κ3) is 4.81. The maximum Gasteiger partial charge on any atom is 0.406 e. The van der Waals surface area contributed by atoms with Crippen LogP contribution in [0.4, 0.5) is 13.2 Å². The minimum absolute atomic E-state index is 0.142. The largest absolute Gasteiger partial charge is 0.406 e. The Balaban J connectivity index is 2.05. The van der Waals surface area contributed by atoms with Crippen molar-refractivity contribution in [2.45, 2.75) is 12.6 Å². The molecule has 0 atom stereocenters. The first-order valence-corrected chi connectivity index (χ1v) is 7.93. The molecule has 0 N–H and O–H groups in total. The molecule has 0 saturated heterocycles. The van der Waals surface area contributed by atoms with E-state index in [9.17, 15) is 18.0 Å². The van der Waals surface area contributed by atoms with E-state index in [1.165, 1.54) is 11.3 Å². The zero-order chi connectivity index (χ0) is 16.3. The van der Waals surface area contributed by atoms with Gasteiger partial charge in [-0.05, 0) is 12.1 Å². The van der Waals surface area contributed by atoms with Crippen LogP contribution in [0.3, 0.4) is 0 Å². The Hall–Kier alpha value is -1.41. The standard InChI is InChI=1S/C14H12BrF3N2OS/c1-20(8-14(16,17)18)12(21)6-11-7-22-13(19-11)9-3-2-4-10(15)5-9/h2-5,7H,6,8H2,1H3. The lowest BCUT2D eigenvalue weighted by Gasteiger charge is -2.18. The summed E-state index contributed by atoms with van der Waals surface area (Å²) in [5, 5.41) is 2.41. The molecule has 1 aromatic carbocycles. The predicted molar refractivity (Wildman–Crippen MR) is 82.6 cm³/mol. The number of benzene rings is 1. The quantitative estimate of drug-likeness (QED) is 0.783. The zero-order valence-electron chi connectivity index (χ0n) is 11.5. The van der Waals surface area contributed by atoms with Crippen LogP contribution in [0.2, 0.25) is 0 Å². The van der Waals surface area contributed by atoms with Gasteiger partial charge in [0.25, 0.3) is 0 Å². The molecule has 1 heterocycles. The first-order valence-electron chi connectivity index (χ1n) is 6.25. The SMILES string of the molecule is CN(CC(F)(F)F)C(=O)Cc1csc(-c2cccc(Br)c2)n1. The molecule has 3 nitrogen and oxygen atoms in total. The van der Waals surface area contributed by atoms with E-state index in [1.54, 1.807) is 5.38 Å². The maximum atomic E-state index is 12.3. The highest BCUT2D eigenvalue weighted by atomic mass is 79.9. The van der Waals surface area contributed by atoms with Gasteiger partial charge in [-0.25, -0.2) is 4.98 Å². The van der Waals surface area contributed by atoms with Crippen LogP contribution in [0.1, 0.15) is 5.69 Å². The summed E-state index contributed by atoms with van der Waals surface area (Å²) in [7, 11) is 1.14. The molecule has 2 aromatic rings. The molecule has 8 heteroatoms. The Labute approximate surface area is 137 Å².